The maximum atomic E-state index is 5.42. The van der Waals surface area contributed by atoms with Crippen molar-refractivity contribution in [3.8, 4) is 0 Å². The number of hydrogen-bond donors (Lipinski definition) is 1. The summed E-state index contributed by atoms with van der Waals surface area (Å²) < 4.78 is 5.42. The van der Waals surface area contributed by atoms with Gasteiger partial charge in [0.1, 0.15) is 0 Å². The highest BCUT2D eigenvalue weighted by Crippen LogP contribution is 2.12. The first-order valence-electron chi connectivity index (χ1n) is 4.92. The van der Waals surface area contributed by atoms with Crippen molar-refractivity contribution >= 4 is 11.3 Å². The summed E-state index contributed by atoms with van der Waals surface area (Å²) in [5.41, 5.74) is 5.39. The van der Waals surface area contributed by atoms with Gasteiger partial charge in [0.05, 0.1) is 0 Å². The molecule has 0 aliphatic heterocycles. The zero-order valence-electron chi connectivity index (χ0n) is 8.35. The molecule has 0 saturated carbocycles. The van der Waals surface area contributed by atoms with Crippen LogP contribution in [0.2, 0.25) is 0 Å². The minimum Gasteiger partial charge on any atom is -0.425 e. The van der Waals surface area contributed by atoms with Crippen molar-refractivity contribution in [2.75, 3.05) is 6.54 Å². The molecule has 2 aromatic rings. The summed E-state index contributed by atoms with van der Waals surface area (Å²) in [6, 6.07) is 4.16. The van der Waals surface area contributed by atoms with Crippen molar-refractivity contribution < 1.29 is 4.42 Å². The topological polar surface area (TPSA) is 64.9 Å². The van der Waals surface area contributed by atoms with Gasteiger partial charge in [0.15, 0.2) is 0 Å². The third-order valence-electron chi connectivity index (χ3n) is 2.03. The summed E-state index contributed by atoms with van der Waals surface area (Å²) in [6.45, 7) is 0.548. The van der Waals surface area contributed by atoms with E-state index >= 15 is 0 Å². The lowest BCUT2D eigenvalue weighted by Crippen LogP contribution is -2.02. The summed E-state index contributed by atoms with van der Waals surface area (Å²) in [7, 11) is 0. The summed E-state index contributed by atoms with van der Waals surface area (Å²) >= 11 is 1.75. The maximum Gasteiger partial charge on any atom is 0.217 e. The zero-order chi connectivity index (χ0) is 10.5. The Morgan fingerprint density at radius 1 is 1.20 bits per heavy atom. The quantitative estimate of drug-likeness (QED) is 0.832. The van der Waals surface area contributed by atoms with Crippen LogP contribution in [0.15, 0.2) is 21.9 Å². The Morgan fingerprint density at radius 2 is 2.00 bits per heavy atom. The molecule has 80 valence electrons. The Balaban J connectivity index is 1.88. The fourth-order valence-corrected chi connectivity index (χ4v) is 2.01. The van der Waals surface area contributed by atoms with Crippen LogP contribution in [-0.2, 0) is 19.3 Å². The molecule has 0 aliphatic carbocycles. The number of thiophene rings is 1. The van der Waals surface area contributed by atoms with E-state index in [-0.39, 0.29) is 0 Å². The van der Waals surface area contributed by atoms with Crippen LogP contribution < -0.4 is 5.73 Å². The number of aryl methyl sites for hydroxylation is 2. The maximum absolute atomic E-state index is 5.42. The molecule has 0 radical (unpaired) electrons. The second-order valence-electron chi connectivity index (χ2n) is 3.21. The molecule has 0 saturated heterocycles. The average Bonchev–Trinajstić information content (AvgIpc) is 2.85. The van der Waals surface area contributed by atoms with E-state index in [4.69, 9.17) is 10.2 Å². The van der Waals surface area contributed by atoms with E-state index in [1.165, 1.54) is 4.88 Å². The number of nitrogens with zero attached hydrogens (tertiary/aromatic N) is 2. The third-order valence-corrected chi connectivity index (χ3v) is 2.97. The van der Waals surface area contributed by atoms with Gasteiger partial charge in [-0.25, -0.2) is 0 Å². The molecule has 0 unspecified atom stereocenters. The van der Waals surface area contributed by atoms with Gasteiger partial charge in [0.2, 0.25) is 11.8 Å². The molecule has 4 nitrogen and oxygen atoms in total. The van der Waals surface area contributed by atoms with Crippen LogP contribution in [-0.4, -0.2) is 16.7 Å². The van der Waals surface area contributed by atoms with Gasteiger partial charge in [-0.3, -0.25) is 0 Å². The van der Waals surface area contributed by atoms with Crippen LogP contribution in [0.4, 0.5) is 0 Å². The molecule has 2 heterocycles. The van der Waals surface area contributed by atoms with E-state index in [2.05, 4.69) is 21.6 Å². The van der Waals surface area contributed by atoms with Crippen molar-refractivity contribution in [1.29, 1.82) is 0 Å². The van der Waals surface area contributed by atoms with Crippen LogP contribution in [0.3, 0.4) is 0 Å². The predicted molar refractivity (Wildman–Crippen MR) is 58.8 cm³/mol. The number of aromatic nitrogens is 2. The van der Waals surface area contributed by atoms with Crippen molar-refractivity contribution in [2.45, 2.75) is 19.3 Å². The van der Waals surface area contributed by atoms with E-state index in [1.54, 1.807) is 11.3 Å². The normalized spacial score (nSPS) is 10.7. The van der Waals surface area contributed by atoms with Crippen LogP contribution in [0.1, 0.15) is 16.7 Å². The van der Waals surface area contributed by atoms with E-state index in [9.17, 15) is 0 Å². The molecule has 0 aliphatic rings. The number of hydrogen-bond acceptors (Lipinski definition) is 5. The van der Waals surface area contributed by atoms with Gasteiger partial charge in [0, 0.05) is 24.3 Å². The van der Waals surface area contributed by atoms with Gasteiger partial charge in [-0.05, 0) is 17.9 Å². The Labute approximate surface area is 92.1 Å². The van der Waals surface area contributed by atoms with E-state index < -0.39 is 0 Å². The van der Waals surface area contributed by atoms with E-state index in [0.29, 0.717) is 24.7 Å². The fraction of sp³-hybridized carbons (Fsp3) is 0.400. The van der Waals surface area contributed by atoms with Crippen LogP contribution in [0.5, 0.6) is 0 Å². The first-order chi connectivity index (χ1) is 7.38. The summed E-state index contributed by atoms with van der Waals surface area (Å²) in [5.74, 6) is 1.34. The fourth-order valence-electron chi connectivity index (χ4n) is 1.30. The highest BCUT2D eigenvalue weighted by molar-refractivity contribution is 7.09. The van der Waals surface area contributed by atoms with Crippen molar-refractivity contribution in [3.05, 3.63) is 34.2 Å². The van der Waals surface area contributed by atoms with Crippen LogP contribution in [0, 0.1) is 0 Å². The molecule has 0 aromatic carbocycles. The molecule has 0 fully saturated rings. The van der Waals surface area contributed by atoms with Crippen LogP contribution >= 0.6 is 11.3 Å². The smallest absolute Gasteiger partial charge is 0.217 e. The molecule has 0 amide bonds. The van der Waals surface area contributed by atoms with Gasteiger partial charge < -0.3 is 10.2 Å². The predicted octanol–water partition coefficient (Wildman–Crippen LogP) is 1.42. The molecule has 0 atom stereocenters. The highest BCUT2D eigenvalue weighted by Gasteiger charge is 2.05. The van der Waals surface area contributed by atoms with Crippen molar-refractivity contribution in [3.63, 3.8) is 0 Å². The first kappa shape index (κ1) is 10.3. The summed E-state index contributed by atoms with van der Waals surface area (Å²) in [4.78, 5) is 1.34. The molecule has 2 aromatic heterocycles. The minimum atomic E-state index is 0.548. The lowest BCUT2D eigenvalue weighted by Gasteiger charge is -1.92. The Bertz CT molecular complexity index is 396. The highest BCUT2D eigenvalue weighted by atomic mass is 32.1. The summed E-state index contributed by atoms with van der Waals surface area (Å²) in [5, 5.41) is 9.95. The van der Waals surface area contributed by atoms with Crippen molar-refractivity contribution in [1.82, 2.24) is 10.2 Å². The van der Waals surface area contributed by atoms with Gasteiger partial charge in [-0.2, -0.15) is 0 Å². The zero-order valence-corrected chi connectivity index (χ0v) is 9.17. The van der Waals surface area contributed by atoms with Gasteiger partial charge in [-0.1, -0.05) is 6.07 Å². The van der Waals surface area contributed by atoms with E-state index in [0.717, 1.165) is 12.8 Å². The molecule has 2 rings (SSSR count). The van der Waals surface area contributed by atoms with Gasteiger partial charge in [-0.15, -0.1) is 21.5 Å². The SMILES string of the molecule is NCCc1nnc(CCc2cccs2)o1. The summed E-state index contributed by atoms with van der Waals surface area (Å²) in [6.07, 6.45) is 2.42. The molecule has 0 spiro atoms. The Hall–Kier alpha value is -1.20. The van der Waals surface area contributed by atoms with Gasteiger partial charge in [0.25, 0.3) is 0 Å². The standard InChI is InChI=1S/C10H13N3OS/c11-6-5-10-13-12-9(14-10)4-3-8-2-1-7-15-8/h1-2,7H,3-6,11H2. The average molecular weight is 223 g/mol. The molecular formula is C10H13N3OS. The molecule has 5 heteroatoms. The monoisotopic (exact) mass is 223 g/mol. The lowest BCUT2D eigenvalue weighted by molar-refractivity contribution is 0.450. The molecule has 0 bridgehead atoms. The Morgan fingerprint density at radius 3 is 2.67 bits per heavy atom. The first-order valence-corrected chi connectivity index (χ1v) is 5.80. The third kappa shape index (κ3) is 2.87. The molecule has 15 heavy (non-hydrogen) atoms. The molecular weight excluding hydrogens is 210 g/mol. The number of nitrogens with two attached hydrogens (primary N) is 1. The van der Waals surface area contributed by atoms with Gasteiger partial charge >= 0.3 is 0 Å². The van der Waals surface area contributed by atoms with Crippen LogP contribution in [0.25, 0.3) is 0 Å². The second kappa shape index (κ2) is 5.04. The lowest BCUT2D eigenvalue weighted by atomic mass is 10.3. The van der Waals surface area contributed by atoms with E-state index in [1.807, 2.05) is 6.07 Å². The molecule has 2 N–H and O–H groups in total. The number of rotatable bonds is 5. The van der Waals surface area contributed by atoms with Crippen molar-refractivity contribution in [2.24, 2.45) is 5.73 Å². The second-order valence-corrected chi connectivity index (χ2v) is 4.24. The minimum absolute atomic E-state index is 0.548. The Kier molecular flexibility index (Phi) is 3.47. The largest absolute Gasteiger partial charge is 0.425 e.